The Labute approximate surface area is 119 Å². The molecule has 96 valence electrons. The molecule has 0 aliphatic heterocycles. The summed E-state index contributed by atoms with van der Waals surface area (Å²) in [5.41, 5.74) is 8.56. The van der Waals surface area contributed by atoms with E-state index in [-0.39, 0.29) is 0 Å². The van der Waals surface area contributed by atoms with Crippen molar-refractivity contribution in [2.45, 2.75) is 22.7 Å². The van der Waals surface area contributed by atoms with Crippen molar-refractivity contribution in [1.29, 1.82) is 0 Å². The standard InChI is InChI=1S/C13H12N4S2/c1-2-9-6-12(16-7-15-9)19-13-17-10-4-3-8(14)5-11(10)18-13/h3-7H,2,14H2,1H3. The van der Waals surface area contributed by atoms with Gasteiger partial charge in [0.15, 0.2) is 4.34 Å². The first-order chi connectivity index (χ1) is 9.24. The molecule has 19 heavy (non-hydrogen) atoms. The first kappa shape index (κ1) is 12.4. The Morgan fingerprint density at radius 2 is 2.16 bits per heavy atom. The van der Waals surface area contributed by atoms with Crippen LogP contribution in [-0.2, 0) is 6.42 Å². The van der Waals surface area contributed by atoms with E-state index in [1.807, 2.05) is 24.3 Å². The number of aryl methyl sites for hydroxylation is 1. The topological polar surface area (TPSA) is 64.7 Å². The number of rotatable bonds is 3. The highest BCUT2D eigenvalue weighted by atomic mass is 32.2. The summed E-state index contributed by atoms with van der Waals surface area (Å²) in [6, 6.07) is 7.78. The number of nitrogen functional groups attached to an aromatic ring is 1. The summed E-state index contributed by atoms with van der Waals surface area (Å²) in [7, 11) is 0. The van der Waals surface area contributed by atoms with Gasteiger partial charge in [-0.3, -0.25) is 0 Å². The van der Waals surface area contributed by atoms with Crippen molar-refractivity contribution in [3.63, 3.8) is 0 Å². The first-order valence-electron chi connectivity index (χ1n) is 5.89. The van der Waals surface area contributed by atoms with Crippen molar-refractivity contribution in [1.82, 2.24) is 15.0 Å². The van der Waals surface area contributed by atoms with Crippen LogP contribution in [0.25, 0.3) is 10.2 Å². The smallest absolute Gasteiger partial charge is 0.157 e. The number of fused-ring (bicyclic) bond motifs is 1. The van der Waals surface area contributed by atoms with E-state index in [4.69, 9.17) is 5.73 Å². The van der Waals surface area contributed by atoms with Crippen LogP contribution >= 0.6 is 23.1 Å². The Kier molecular flexibility index (Phi) is 3.35. The summed E-state index contributed by atoms with van der Waals surface area (Å²) < 4.78 is 2.08. The molecule has 0 bridgehead atoms. The lowest BCUT2D eigenvalue weighted by Gasteiger charge is -1.98. The third kappa shape index (κ3) is 2.69. The van der Waals surface area contributed by atoms with Gasteiger partial charge < -0.3 is 5.73 Å². The molecule has 0 atom stereocenters. The number of nitrogens with zero attached hydrogens (tertiary/aromatic N) is 3. The van der Waals surface area contributed by atoms with Crippen molar-refractivity contribution in [2.24, 2.45) is 0 Å². The van der Waals surface area contributed by atoms with Gasteiger partial charge in [-0.25, -0.2) is 15.0 Å². The van der Waals surface area contributed by atoms with Gasteiger partial charge >= 0.3 is 0 Å². The Balaban J connectivity index is 1.92. The molecular weight excluding hydrogens is 276 g/mol. The number of hydrogen-bond acceptors (Lipinski definition) is 6. The molecule has 3 aromatic rings. The fraction of sp³-hybridized carbons (Fsp3) is 0.154. The fourth-order valence-corrected chi connectivity index (χ4v) is 3.73. The lowest BCUT2D eigenvalue weighted by Crippen LogP contribution is -1.89. The van der Waals surface area contributed by atoms with Crippen LogP contribution in [-0.4, -0.2) is 15.0 Å². The van der Waals surface area contributed by atoms with Gasteiger partial charge in [0.1, 0.15) is 11.4 Å². The number of aromatic nitrogens is 3. The van der Waals surface area contributed by atoms with E-state index < -0.39 is 0 Å². The van der Waals surface area contributed by atoms with Crippen LogP contribution in [0.1, 0.15) is 12.6 Å². The molecule has 0 fully saturated rings. The summed E-state index contributed by atoms with van der Waals surface area (Å²) in [6.07, 6.45) is 2.51. The monoisotopic (exact) mass is 288 g/mol. The molecule has 4 nitrogen and oxygen atoms in total. The highest BCUT2D eigenvalue weighted by Crippen LogP contribution is 2.34. The molecule has 1 aromatic carbocycles. The number of anilines is 1. The molecule has 6 heteroatoms. The molecule has 0 amide bonds. The van der Waals surface area contributed by atoms with E-state index in [0.717, 1.165) is 37.4 Å². The second-order valence-electron chi connectivity index (χ2n) is 4.01. The third-order valence-electron chi connectivity index (χ3n) is 2.65. The molecule has 3 rings (SSSR count). The molecule has 0 aliphatic rings. The first-order valence-corrected chi connectivity index (χ1v) is 7.53. The maximum absolute atomic E-state index is 5.78. The molecule has 0 aliphatic carbocycles. The van der Waals surface area contributed by atoms with Crippen molar-refractivity contribution >= 4 is 39.0 Å². The Morgan fingerprint density at radius 3 is 3.00 bits per heavy atom. The third-order valence-corrected chi connectivity index (χ3v) is 4.66. The van der Waals surface area contributed by atoms with E-state index in [0.29, 0.717) is 0 Å². The Hall–Kier alpha value is -1.66. The van der Waals surface area contributed by atoms with Gasteiger partial charge in [-0.05, 0) is 42.4 Å². The SMILES string of the molecule is CCc1cc(Sc2nc3ccc(N)cc3s2)ncn1. The molecule has 2 N–H and O–H groups in total. The minimum absolute atomic E-state index is 0.767. The molecule has 0 saturated carbocycles. The predicted molar refractivity (Wildman–Crippen MR) is 79.6 cm³/mol. The number of benzene rings is 1. The van der Waals surface area contributed by atoms with Crippen molar-refractivity contribution in [3.05, 3.63) is 36.3 Å². The minimum atomic E-state index is 0.767. The van der Waals surface area contributed by atoms with Crippen LogP contribution < -0.4 is 5.73 Å². The zero-order chi connectivity index (χ0) is 13.2. The van der Waals surface area contributed by atoms with Gasteiger partial charge in [-0.1, -0.05) is 6.92 Å². The maximum atomic E-state index is 5.78. The van der Waals surface area contributed by atoms with Crippen LogP contribution in [0.5, 0.6) is 0 Å². The zero-order valence-electron chi connectivity index (χ0n) is 10.3. The summed E-state index contributed by atoms with van der Waals surface area (Å²) in [6.45, 7) is 2.08. The van der Waals surface area contributed by atoms with Gasteiger partial charge in [0, 0.05) is 11.4 Å². The van der Waals surface area contributed by atoms with Crippen LogP contribution in [0.4, 0.5) is 5.69 Å². The quantitative estimate of drug-likeness (QED) is 0.591. The van der Waals surface area contributed by atoms with E-state index in [1.54, 1.807) is 29.4 Å². The van der Waals surface area contributed by atoms with Crippen molar-refractivity contribution in [2.75, 3.05) is 5.73 Å². The maximum Gasteiger partial charge on any atom is 0.157 e. The van der Waals surface area contributed by atoms with Crippen LogP contribution in [0, 0.1) is 0 Å². The number of nitrogens with two attached hydrogens (primary N) is 1. The van der Waals surface area contributed by atoms with Crippen molar-refractivity contribution < 1.29 is 0 Å². The van der Waals surface area contributed by atoms with Gasteiger partial charge in [-0.2, -0.15) is 0 Å². The fourth-order valence-electron chi connectivity index (χ4n) is 1.68. The van der Waals surface area contributed by atoms with Crippen LogP contribution in [0.2, 0.25) is 0 Å². The largest absolute Gasteiger partial charge is 0.399 e. The average molecular weight is 288 g/mol. The number of hydrogen-bond donors (Lipinski definition) is 1. The zero-order valence-corrected chi connectivity index (χ0v) is 12.0. The molecule has 0 unspecified atom stereocenters. The van der Waals surface area contributed by atoms with E-state index >= 15 is 0 Å². The summed E-state index contributed by atoms with van der Waals surface area (Å²) >= 11 is 3.20. The second kappa shape index (κ2) is 5.14. The lowest BCUT2D eigenvalue weighted by molar-refractivity contribution is 0.945. The Morgan fingerprint density at radius 1 is 1.26 bits per heavy atom. The second-order valence-corrected chi connectivity index (χ2v) is 6.31. The van der Waals surface area contributed by atoms with Crippen LogP contribution in [0.15, 0.2) is 40.0 Å². The Bertz CT molecular complexity index is 723. The van der Waals surface area contributed by atoms with Gasteiger partial charge in [0.2, 0.25) is 0 Å². The lowest BCUT2D eigenvalue weighted by atomic mass is 10.3. The van der Waals surface area contributed by atoms with E-state index in [9.17, 15) is 0 Å². The van der Waals surface area contributed by atoms with Crippen molar-refractivity contribution in [3.8, 4) is 0 Å². The van der Waals surface area contributed by atoms with Gasteiger partial charge in [-0.15, -0.1) is 11.3 Å². The molecule has 0 saturated heterocycles. The summed E-state index contributed by atoms with van der Waals surface area (Å²) in [4.78, 5) is 13.0. The van der Waals surface area contributed by atoms with Crippen LogP contribution in [0.3, 0.4) is 0 Å². The summed E-state index contributed by atoms with van der Waals surface area (Å²) in [5, 5.41) is 0.930. The molecule has 2 aromatic heterocycles. The molecule has 0 radical (unpaired) electrons. The normalized spacial score (nSPS) is 11.0. The highest BCUT2D eigenvalue weighted by molar-refractivity contribution is 8.01. The highest BCUT2D eigenvalue weighted by Gasteiger charge is 2.07. The summed E-state index contributed by atoms with van der Waals surface area (Å²) in [5.74, 6) is 0. The van der Waals surface area contributed by atoms with Gasteiger partial charge in [0.05, 0.1) is 10.2 Å². The van der Waals surface area contributed by atoms with E-state index in [2.05, 4.69) is 21.9 Å². The minimum Gasteiger partial charge on any atom is -0.399 e. The average Bonchev–Trinajstić information content (AvgIpc) is 2.80. The molecular formula is C13H12N4S2. The van der Waals surface area contributed by atoms with E-state index in [1.165, 1.54) is 0 Å². The predicted octanol–water partition coefficient (Wildman–Crippen LogP) is 3.38. The van der Waals surface area contributed by atoms with Gasteiger partial charge in [0.25, 0.3) is 0 Å². The molecule has 2 heterocycles. The number of thiazole rings is 1. The molecule has 0 spiro atoms.